The van der Waals surface area contributed by atoms with Crippen LogP contribution in [0.5, 0.6) is 0 Å². The van der Waals surface area contributed by atoms with Gasteiger partial charge in [-0.05, 0) is 19.4 Å². The van der Waals surface area contributed by atoms with E-state index in [4.69, 9.17) is 4.98 Å². The van der Waals surface area contributed by atoms with Gasteiger partial charge < -0.3 is 10.2 Å². The van der Waals surface area contributed by atoms with Crippen molar-refractivity contribution in [2.45, 2.75) is 25.4 Å². The molecule has 0 bridgehead atoms. The molecule has 25 heavy (non-hydrogen) atoms. The molecular formula is C19H24N4OS. The maximum atomic E-state index is 12.5. The highest BCUT2D eigenvalue weighted by Gasteiger charge is 2.29. The highest BCUT2D eigenvalue weighted by Crippen LogP contribution is 2.24. The van der Waals surface area contributed by atoms with Gasteiger partial charge in [0, 0.05) is 43.7 Å². The van der Waals surface area contributed by atoms with E-state index in [1.807, 2.05) is 23.1 Å². The van der Waals surface area contributed by atoms with Crippen molar-refractivity contribution in [1.82, 2.24) is 20.1 Å². The number of aromatic nitrogens is 1. The molecule has 1 atom stereocenters. The first kappa shape index (κ1) is 16.7. The van der Waals surface area contributed by atoms with Gasteiger partial charge in [-0.1, -0.05) is 30.3 Å². The fourth-order valence-electron chi connectivity index (χ4n) is 3.56. The van der Waals surface area contributed by atoms with E-state index < -0.39 is 0 Å². The van der Waals surface area contributed by atoms with Gasteiger partial charge in [0.25, 0.3) is 0 Å². The van der Waals surface area contributed by atoms with Crippen LogP contribution in [0.3, 0.4) is 0 Å². The van der Waals surface area contributed by atoms with E-state index in [1.165, 1.54) is 5.56 Å². The second kappa shape index (κ2) is 7.64. The average Bonchev–Trinajstić information content (AvgIpc) is 3.35. The lowest BCUT2D eigenvalue weighted by atomic mass is 10.2. The zero-order valence-corrected chi connectivity index (χ0v) is 15.2. The lowest BCUT2D eigenvalue weighted by Crippen LogP contribution is -2.52. The summed E-state index contributed by atoms with van der Waals surface area (Å²) in [6, 6.07) is 10.4. The molecule has 4 rings (SSSR count). The maximum Gasteiger partial charge on any atom is 0.239 e. The summed E-state index contributed by atoms with van der Waals surface area (Å²) >= 11 is 1.70. The topological polar surface area (TPSA) is 48.5 Å². The molecule has 1 amide bonds. The molecule has 2 fully saturated rings. The molecule has 0 saturated carbocycles. The fourth-order valence-corrected chi connectivity index (χ4v) is 4.38. The van der Waals surface area contributed by atoms with Gasteiger partial charge in [-0.3, -0.25) is 9.69 Å². The summed E-state index contributed by atoms with van der Waals surface area (Å²) in [5, 5.41) is 6.54. The van der Waals surface area contributed by atoms with E-state index in [2.05, 4.69) is 27.7 Å². The Morgan fingerprint density at radius 2 is 2.00 bits per heavy atom. The Kier molecular flexibility index (Phi) is 5.10. The summed E-state index contributed by atoms with van der Waals surface area (Å²) in [6.45, 7) is 5.35. The predicted molar refractivity (Wildman–Crippen MR) is 100 cm³/mol. The van der Waals surface area contributed by atoms with E-state index >= 15 is 0 Å². The van der Waals surface area contributed by atoms with Gasteiger partial charge in [0.15, 0.2) is 0 Å². The zero-order chi connectivity index (χ0) is 17.1. The number of carbonyl (C=O) groups is 1. The molecule has 2 aliphatic heterocycles. The van der Waals surface area contributed by atoms with Crippen molar-refractivity contribution in [2.75, 3.05) is 32.7 Å². The number of piperazine rings is 1. The minimum Gasteiger partial charge on any atom is -0.339 e. The Labute approximate surface area is 152 Å². The molecule has 0 radical (unpaired) electrons. The number of benzene rings is 1. The number of hydrogen-bond acceptors (Lipinski definition) is 5. The summed E-state index contributed by atoms with van der Waals surface area (Å²) in [6.07, 6.45) is 2.10. The molecule has 132 valence electrons. The minimum atomic E-state index is 0.0542. The van der Waals surface area contributed by atoms with Gasteiger partial charge in [0.2, 0.25) is 5.91 Å². The number of thiazole rings is 1. The second-order valence-electron chi connectivity index (χ2n) is 6.76. The average molecular weight is 356 g/mol. The quantitative estimate of drug-likeness (QED) is 0.912. The largest absolute Gasteiger partial charge is 0.339 e. The second-order valence-corrected chi connectivity index (χ2v) is 7.62. The lowest BCUT2D eigenvalue weighted by Gasteiger charge is -2.35. The van der Waals surface area contributed by atoms with Crippen molar-refractivity contribution in [3.8, 4) is 10.6 Å². The van der Waals surface area contributed by atoms with Crippen molar-refractivity contribution in [3.63, 3.8) is 0 Å². The van der Waals surface area contributed by atoms with E-state index in [9.17, 15) is 4.79 Å². The summed E-state index contributed by atoms with van der Waals surface area (Å²) < 4.78 is 0. The third kappa shape index (κ3) is 3.92. The van der Waals surface area contributed by atoms with Gasteiger partial charge in [0.1, 0.15) is 5.01 Å². The summed E-state index contributed by atoms with van der Waals surface area (Å²) in [7, 11) is 0. The standard InChI is InChI=1S/C19H24N4OS/c24-19(17-7-4-8-20-17)23-11-9-22(10-12-23)13-16-14-25-18(21-16)15-5-2-1-3-6-15/h1-3,5-6,14,17,20H,4,7-13H2. The molecule has 0 spiro atoms. The first-order chi connectivity index (χ1) is 12.3. The molecule has 6 heteroatoms. The Morgan fingerprint density at radius 3 is 2.72 bits per heavy atom. The monoisotopic (exact) mass is 356 g/mol. The van der Waals surface area contributed by atoms with E-state index in [0.29, 0.717) is 0 Å². The van der Waals surface area contributed by atoms with Gasteiger partial charge in [-0.15, -0.1) is 11.3 Å². The van der Waals surface area contributed by atoms with Crippen molar-refractivity contribution in [1.29, 1.82) is 0 Å². The number of carbonyl (C=O) groups excluding carboxylic acids is 1. The predicted octanol–water partition coefficient (Wildman–Crippen LogP) is 2.21. The van der Waals surface area contributed by atoms with Crippen LogP contribution in [0.25, 0.3) is 10.6 Å². The van der Waals surface area contributed by atoms with Gasteiger partial charge >= 0.3 is 0 Å². The fraction of sp³-hybridized carbons (Fsp3) is 0.474. The summed E-state index contributed by atoms with van der Waals surface area (Å²) in [5.74, 6) is 0.289. The number of rotatable bonds is 4. The zero-order valence-electron chi connectivity index (χ0n) is 14.4. The van der Waals surface area contributed by atoms with Crippen molar-refractivity contribution < 1.29 is 4.79 Å². The summed E-state index contributed by atoms with van der Waals surface area (Å²) in [4.78, 5) is 21.7. The Balaban J connectivity index is 1.30. The first-order valence-corrected chi connectivity index (χ1v) is 9.92. The van der Waals surface area contributed by atoms with E-state index in [-0.39, 0.29) is 11.9 Å². The Bertz CT molecular complexity index is 703. The van der Waals surface area contributed by atoms with Crippen LogP contribution in [-0.2, 0) is 11.3 Å². The minimum absolute atomic E-state index is 0.0542. The van der Waals surface area contributed by atoms with Crippen LogP contribution in [0.1, 0.15) is 18.5 Å². The van der Waals surface area contributed by atoms with Crippen LogP contribution in [0, 0.1) is 0 Å². The Morgan fingerprint density at radius 1 is 1.20 bits per heavy atom. The van der Waals surface area contributed by atoms with Crippen LogP contribution in [0.2, 0.25) is 0 Å². The SMILES string of the molecule is O=C(C1CCCN1)N1CCN(Cc2csc(-c3ccccc3)n2)CC1. The lowest BCUT2D eigenvalue weighted by molar-refractivity contribution is -0.134. The van der Waals surface area contributed by atoms with Crippen LogP contribution in [0.4, 0.5) is 0 Å². The highest BCUT2D eigenvalue weighted by atomic mass is 32.1. The first-order valence-electron chi connectivity index (χ1n) is 9.04. The molecular weight excluding hydrogens is 332 g/mol. The van der Waals surface area contributed by atoms with E-state index in [1.54, 1.807) is 11.3 Å². The maximum absolute atomic E-state index is 12.5. The smallest absolute Gasteiger partial charge is 0.239 e. The van der Waals surface area contributed by atoms with Gasteiger partial charge in [0.05, 0.1) is 11.7 Å². The highest BCUT2D eigenvalue weighted by molar-refractivity contribution is 7.13. The molecule has 2 aromatic rings. The molecule has 1 unspecified atom stereocenters. The number of hydrogen-bond donors (Lipinski definition) is 1. The third-order valence-corrected chi connectivity index (χ3v) is 5.94. The molecule has 2 aliphatic rings. The molecule has 2 saturated heterocycles. The van der Waals surface area contributed by atoms with E-state index in [0.717, 1.165) is 62.8 Å². The number of nitrogens with one attached hydrogen (secondary N) is 1. The van der Waals surface area contributed by atoms with Gasteiger partial charge in [-0.2, -0.15) is 0 Å². The third-order valence-electron chi connectivity index (χ3n) is 5.00. The normalized spacial score (nSPS) is 21.6. The summed E-state index contributed by atoms with van der Waals surface area (Å²) in [5.41, 5.74) is 2.30. The van der Waals surface area contributed by atoms with Crippen LogP contribution in [0.15, 0.2) is 35.7 Å². The van der Waals surface area contributed by atoms with Crippen molar-refractivity contribution in [2.24, 2.45) is 0 Å². The molecule has 1 aromatic carbocycles. The van der Waals surface area contributed by atoms with Crippen LogP contribution < -0.4 is 5.32 Å². The molecule has 1 N–H and O–H groups in total. The van der Waals surface area contributed by atoms with Crippen LogP contribution >= 0.6 is 11.3 Å². The molecule has 5 nitrogen and oxygen atoms in total. The number of nitrogens with zero attached hydrogens (tertiary/aromatic N) is 3. The number of amides is 1. The Hall–Kier alpha value is -1.76. The van der Waals surface area contributed by atoms with Crippen LogP contribution in [-0.4, -0.2) is 59.5 Å². The molecule has 0 aliphatic carbocycles. The van der Waals surface area contributed by atoms with Crippen molar-refractivity contribution in [3.05, 3.63) is 41.4 Å². The van der Waals surface area contributed by atoms with Gasteiger partial charge in [-0.25, -0.2) is 4.98 Å². The van der Waals surface area contributed by atoms with Crippen molar-refractivity contribution >= 4 is 17.2 Å². The molecule has 3 heterocycles. The molecule has 1 aromatic heterocycles.